The lowest BCUT2D eigenvalue weighted by Crippen LogP contribution is -1.90. The molecule has 0 amide bonds. The largest absolute Gasteiger partial charge is 0.493 e. The zero-order valence-corrected chi connectivity index (χ0v) is 16.2. The van der Waals surface area contributed by atoms with Crippen molar-refractivity contribution in [3.05, 3.63) is 59.0 Å². The van der Waals surface area contributed by atoms with Crippen molar-refractivity contribution in [2.75, 3.05) is 14.2 Å². The number of nitrogens with zero attached hydrogens (tertiary/aromatic N) is 2. The van der Waals surface area contributed by atoms with Crippen LogP contribution in [-0.2, 0) is 0 Å². The van der Waals surface area contributed by atoms with Crippen molar-refractivity contribution >= 4 is 22.7 Å². The number of rotatable bonds is 5. The summed E-state index contributed by atoms with van der Waals surface area (Å²) < 4.78 is 23.7. The van der Waals surface area contributed by atoms with E-state index in [1.807, 2.05) is 29.0 Å². The Kier molecular flexibility index (Phi) is 4.87. The van der Waals surface area contributed by atoms with Crippen LogP contribution in [0.1, 0.15) is 0 Å². The van der Waals surface area contributed by atoms with Crippen molar-refractivity contribution in [2.45, 2.75) is 0 Å². The van der Waals surface area contributed by atoms with Gasteiger partial charge in [-0.2, -0.15) is 0 Å². The average Bonchev–Trinajstić information content (AvgIpc) is 3.37. The van der Waals surface area contributed by atoms with Crippen LogP contribution >= 0.6 is 22.7 Å². The first-order chi connectivity index (χ1) is 13.2. The molecule has 0 atom stereocenters. The van der Waals surface area contributed by atoms with Crippen molar-refractivity contribution in [2.24, 2.45) is 0 Å². The van der Waals surface area contributed by atoms with Gasteiger partial charge in [0.05, 0.1) is 25.6 Å². The van der Waals surface area contributed by atoms with Gasteiger partial charge in [-0.1, -0.05) is 0 Å². The number of hydrogen-bond donors (Lipinski definition) is 0. The lowest BCUT2D eigenvalue weighted by atomic mass is 10.1. The van der Waals surface area contributed by atoms with E-state index in [0.29, 0.717) is 11.5 Å². The Morgan fingerprint density at radius 3 is 1.89 bits per heavy atom. The summed E-state index contributed by atoms with van der Waals surface area (Å²) in [6.07, 6.45) is 0. The molecule has 0 aliphatic rings. The monoisotopic (exact) mass is 398 g/mol. The van der Waals surface area contributed by atoms with Crippen molar-refractivity contribution in [3.8, 4) is 44.0 Å². The van der Waals surface area contributed by atoms with Gasteiger partial charge in [0.2, 0.25) is 0 Å². The predicted octanol–water partition coefficient (Wildman–Crippen LogP) is 5.76. The van der Waals surface area contributed by atoms with Crippen molar-refractivity contribution < 1.29 is 13.9 Å². The summed E-state index contributed by atoms with van der Waals surface area (Å²) in [5.74, 6) is 1.09. The number of hydrogen-bond acceptors (Lipinski definition) is 6. The van der Waals surface area contributed by atoms with Gasteiger partial charge in [0.15, 0.2) is 21.5 Å². The molecule has 0 fully saturated rings. The van der Waals surface area contributed by atoms with Crippen LogP contribution in [0.15, 0.2) is 53.2 Å². The third-order valence-corrected chi connectivity index (χ3v) is 5.84. The second-order valence-electron chi connectivity index (χ2n) is 5.65. The van der Waals surface area contributed by atoms with Gasteiger partial charge in [-0.15, -0.1) is 22.7 Å². The minimum atomic E-state index is -0.256. The highest BCUT2D eigenvalue weighted by atomic mass is 32.1. The molecule has 0 unspecified atom stereocenters. The van der Waals surface area contributed by atoms with E-state index in [2.05, 4.69) is 4.98 Å². The van der Waals surface area contributed by atoms with Gasteiger partial charge >= 0.3 is 0 Å². The normalized spacial score (nSPS) is 10.8. The first kappa shape index (κ1) is 17.6. The maximum Gasteiger partial charge on any atom is 0.161 e. The Balaban J connectivity index is 1.62. The highest BCUT2D eigenvalue weighted by Gasteiger charge is 2.13. The number of ether oxygens (including phenoxy) is 2. The van der Waals surface area contributed by atoms with E-state index >= 15 is 0 Å². The summed E-state index contributed by atoms with van der Waals surface area (Å²) in [5, 5.41) is 5.64. The van der Waals surface area contributed by atoms with Gasteiger partial charge in [0, 0.05) is 21.9 Å². The van der Waals surface area contributed by atoms with Crippen LogP contribution in [-0.4, -0.2) is 24.2 Å². The first-order valence-electron chi connectivity index (χ1n) is 8.07. The third kappa shape index (κ3) is 3.56. The smallest absolute Gasteiger partial charge is 0.161 e. The van der Waals surface area contributed by atoms with Crippen LogP contribution in [0.3, 0.4) is 0 Å². The minimum Gasteiger partial charge on any atom is -0.493 e. The molecule has 4 rings (SSSR count). The van der Waals surface area contributed by atoms with E-state index in [0.717, 1.165) is 32.5 Å². The minimum absolute atomic E-state index is 0.256. The van der Waals surface area contributed by atoms with E-state index in [1.54, 1.807) is 26.4 Å². The quantitative estimate of drug-likeness (QED) is 0.429. The Morgan fingerprint density at radius 2 is 1.30 bits per heavy atom. The molecule has 0 spiro atoms. The van der Waals surface area contributed by atoms with Gasteiger partial charge in [-0.3, -0.25) is 0 Å². The predicted molar refractivity (Wildman–Crippen MR) is 107 cm³/mol. The highest BCUT2D eigenvalue weighted by Crippen LogP contribution is 2.36. The summed E-state index contributed by atoms with van der Waals surface area (Å²) in [6, 6.07) is 12.1. The fraction of sp³-hybridized carbons (Fsp3) is 0.100. The maximum atomic E-state index is 13.1. The molecular formula is C20H15FN2O2S2. The summed E-state index contributed by atoms with van der Waals surface area (Å²) in [5.41, 5.74) is 3.51. The van der Waals surface area contributed by atoms with E-state index in [4.69, 9.17) is 14.5 Å². The van der Waals surface area contributed by atoms with E-state index < -0.39 is 0 Å². The van der Waals surface area contributed by atoms with Gasteiger partial charge in [-0.05, 0) is 42.5 Å². The molecule has 0 saturated carbocycles. The average molecular weight is 398 g/mol. The van der Waals surface area contributed by atoms with Crippen LogP contribution in [0, 0.1) is 5.82 Å². The molecule has 2 aromatic heterocycles. The Labute approximate surface area is 163 Å². The molecule has 0 aliphatic carbocycles. The molecule has 0 saturated heterocycles. The second kappa shape index (κ2) is 7.46. The Bertz CT molecular complexity index is 1070. The van der Waals surface area contributed by atoms with Crippen molar-refractivity contribution in [3.63, 3.8) is 0 Å². The van der Waals surface area contributed by atoms with Crippen LogP contribution in [0.5, 0.6) is 11.5 Å². The number of thiazole rings is 2. The Morgan fingerprint density at radius 1 is 0.741 bits per heavy atom. The number of halogens is 1. The fourth-order valence-electron chi connectivity index (χ4n) is 2.63. The maximum absolute atomic E-state index is 13.1. The van der Waals surface area contributed by atoms with Crippen LogP contribution < -0.4 is 9.47 Å². The van der Waals surface area contributed by atoms with Gasteiger partial charge in [-0.25, -0.2) is 14.4 Å². The van der Waals surface area contributed by atoms with Gasteiger partial charge < -0.3 is 9.47 Å². The molecule has 0 N–H and O–H groups in total. The SMILES string of the molecule is COc1ccc(-c2csc(-c3nc(-c4ccc(F)cc4)cs3)n2)cc1OC. The molecule has 2 aromatic carbocycles. The lowest BCUT2D eigenvalue weighted by molar-refractivity contribution is 0.355. The third-order valence-electron chi connectivity index (χ3n) is 4.01. The molecule has 4 aromatic rings. The van der Waals surface area contributed by atoms with Crippen LogP contribution in [0.25, 0.3) is 32.5 Å². The standard InChI is InChI=1S/C20H15FN2O2S2/c1-24-17-8-5-13(9-18(17)25-2)16-11-27-20(23-16)19-22-15(10-26-19)12-3-6-14(21)7-4-12/h3-11H,1-2H3. The summed E-state index contributed by atoms with van der Waals surface area (Å²) in [7, 11) is 3.22. The van der Waals surface area contributed by atoms with E-state index in [1.165, 1.54) is 34.8 Å². The molecule has 136 valence electrons. The topological polar surface area (TPSA) is 44.2 Å². The van der Waals surface area contributed by atoms with E-state index in [9.17, 15) is 4.39 Å². The molecule has 0 aliphatic heterocycles. The summed E-state index contributed by atoms with van der Waals surface area (Å²) >= 11 is 3.06. The molecule has 27 heavy (non-hydrogen) atoms. The fourth-order valence-corrected chi connectivity index (χ4v) is 4.33. The van der Waals surface area contributed by atoms with Gasteiger partial charge in [0.1, 0.15) is 5.82 Å². The van der Waals surface area contributed by atoms with Crippen molar-refractivity contribution in [1.82, 2.24) is 9.97 Å². The van der Waals surface area contributed by atoms with Crippen molar-refractivity contribution in [1.29, 1.82) is 0 Å². The molecular weight excluding hydrogens is 383 g/mol. The molecule has 4 nitrogen and oxygen atoms in total. The number of methoxy groups -OCH3 is 2. The zero-order chi connectivity index (χ0) is 18.8. The zero-order valence-electron chi connectivity index (χ0n) is 14.6. The number of aromatic nitrogens is 2. The summed E-state index contributed by atoms with van der Waals surface area (Å²) in [6.45, 7) is 0. The highest BCUT2D eigenvalue weighted by molar-refractivity contribution is 7.20. The second-order valence-corrected chi connectivity index (χ2v) is 7.37. The molecule has 2 heterocycles. The lowest BCUT2D eigenvalue weighted by Gasteiger charge is -2.08. The van der Waals surface area contributed by atoms with Crippen LogP contribution in [0.2, 0.25) is 0 Å². The molecule has 0 radical (unpaired) electrons. The number of benzene rings is 2. The van der Waals surface area contributed by atoms with Crippen LogP contribution in [0.4, 0.5) is 4.39 Å². The summed E-state index contributed by atoms with van der Waals surface area (Å²) in [4.78, 5) is 9.36. The van der Waals surface area contributed by atoms with E-state index in [-0.39, 0.29) is 5.82 Å². The molecule has 0 bridgehead atoms. The van der Waals surface area contributed by atoms with Gasteiger partial charge in [0.25, 0.3) is 0 Å². The molecule has 7 heteroatoms. The first-order valence-corrected chi connectivity index (χ1v) is 9.83. The Hall–Kier alpha value is -2.77.